The van der Waals surface area contributed by atoms with Crippen molar-refractivity contribution in [3.63, 3.8) is 0 Å². The predicted molar refractivity (Wildman–Crippen MR) is 103 cm³/mol. The minimum Gasteiger partial charge on any atom is -0.493 e. The molecule has 1 aliphatic carbocycles. The summed E-state index contributed by atoms with van der Waals surface area (Å²) < 4.78 is 11.1. The summed E-state index contributed by atoms with van der Waals surface area (Å²) in [5.74, 6) is 1.26. The van der Waals surface area contributed by atoms with Crippen LogP contribution in [0.15, 0.2) is 18.2 Å². The lowest BCUT2D eigenvalue weighted by Gasteiger charge is -2.32. The van der Waals surface area contributed by atoms with Gasteiger partial charge < -0.3 is 19.7 Å². The number of nitrogens with one attached hydrogen (secondary N) is 1. The Balaban J connectivity index is 0.00000196. The fraction of sp³-hybridized carbons (Fsp3) is 0.650. The molecule has 0 aromatic heterocycles. The quantitative estimate of drug-likeness (QED) is 0.853. The maximum Gasteiger partial charge on any atom is 0.224 e. The van der Waals surface area contributed by atoms with E-state index in [9.17, 15) is 4.79 Å². The molecule has 26 heavy (non-hydrogen) atoms. The van der Waals surface area contributed by atoms with Crippen molar-refractivity contribution in [2.75, 3.05) is 26.4 Å². The molecule has 2 aliphatic heterocycles. The number of rotatable bonds is 5. The van der Waals surface area contributed by atoms with Gasteiger partial charge in [-0.2, -0.15) is 0 Å². The largest absolute Gasteiger partial charge is 0.493 e. The predicted octanol–water partition coefficient (Wildman–Crippen LogP) is 2.69. The van der Waals surface area contributed by atoms with Gasteiger partial charge in [-0.05, 0) is 30.0 Å². The van der Waals surface area contributed by atoms with Gasteiger partial charge in [0.2, 0.25) is 5.91 Å². The molecule has 5 nitrogen and oxygen atoms in total. The fourth-order valence-corrected chi connectivity index (χ4v) is 4.25. The van der Waals surface area contributed by atoms with Gasteiger partial charge in [-0.3, -0.25) is 4.79 Å². The SMILES string of the molecule is Cl.O=C(CC1COCCN1)N(Cc1ccc2c(c1)CCO2)C1CCCC1. The van der Waals surface area contributed by atoms with E-state index in [4.69, 9.17) is 9.47 Å². The van der Waals surface area contributed by atoms with Gasteiger partial charge in [0.05, 0.1) is 19.8 Å². The highest BCUT2D eigenvalue weighted by atomic mass is 35.5. The molecular weight excluding hydrogens is 352 g/mol. The maximum absolute atomic E-state index is 13.0. The third-order valence-corrected chi connectivity index (χ3v) is 5.61. The van der Waals surface area contributed by atoms with E-state index in [2.05, 4.69) is 28.4 Å². The van der Waals surface area contributed by atoms with E-state index in [1.165, 1.54) is 24.0 Å². The third-order valence-electron chi connectivity index (χ3n) is 5.61. The number of hydrogen-bond acceptors (Lipinski definition) is 4. The van der Waals surface area contributed by atoms with E-state index >= 15 is 0 Å². The first-order chi connectivity index (χ1) is 12.3. The number of amides is 1. The van der Waals surface area contributed by atoms with Gasteiger partial charge in [0.1, 0.15) is 5.75 Å². The van der Waals surface area contributed by atoms with Crippen LogP contribution in [0, 0.1) is 0 Å². The molecule has 1 unspecified atom stereocenters. The summed E-state index contributed by atoms with van der Waals surface area (Å²) in [6.07, 6.45) is 6.24. The number of ether oxygens (including phenoxy) is 2. The highest BCUT2D eigenvalue weighted by Crippen LogP contribution is 2.29. The molecule has 1 atom stereocenters. The van der Waals surface area contributed by atoms with Gasteiger partial charge >= 0.3 is 0 Å². The summed E-state index contributed by atoms with van der Waals surface area (Å²) in [4.78, 5) is 15.2. The number of benzene rings is 1. The number of nitrogens with zero attached hydrogens (tertiary/aromatic N) is 1. The van der Waals surface area contributed by atoms with Crippen LogP contribution in [-0.2, 0) is 22.5 Å². The monoisotopic (exact) mass is 380 g/mol. The van der Waals surface area contributed by atoms with Crippen molar-refractivity contribution in [2.24, 2.45) is 0 Å². The van der Waals surface area contributed by atoms with Crippen molar-refractivity contribution >= 4 is 18.3 Å². The highest BCUT2D eigenvalue weighted by molar-refractivity contribution is 5.85. The van der Waals surface area contributed by atoms with Crippen LogP contribution in [0.5, 0.6) is 5.75 Å². The van der Waals surface area contributed by atoms with Crippen LogP contribution in [0.2, 0.25) is 0 Å². The molecular formula is C20H29ClN2O3. The summed E-state index contributed by atoms with van der Waals surface area (Å²) >= 11 is 0. The lowest BCUT2D eigenvalue weighted by atomic mass is 10.1. The molecule has 4 rings (SSSR count). The minimum absolute atomic E-state index is 0. The van der Waals surface area contributed by atoms with E-state index in [1.54, 1.807) is 0 Å². The van der Waals surface area contributed by atoms with Crippen molar-refractivity contribution in [2.45, 2.75) is 57.2 Å². The zero-order chi connectivity index (χ0) is 17.1. The number of halogens is 1. The van der Waals surface area contributed by atoms with Crippen LogP contribution in [-0.4, -0.2) is 49.3 Å². The number of hydrogen-bond donors (Lipinski definition) is 1. The number of carbonyl (C=O) groups excluding carboxylic acids is 1. The standard InChI is InChI=1S/C20H28N2O3.ClH/c23-20(12-17-14-24-10-8-21-17)22(18-3-1-2-4-18)13-15-5-6-19-16(11-15)7-9-25-19;/h5-6,11,17-18,21H,1-4,7-10,12-14H2;1H. The van der Waals surface area contributed by atoms with Crippen molar-refractivity contribution in [1.82, 2.24) is 10.2 Å². The summed E-state index contributed by atoms with van der Waals surface area (Å²) in [6.45, 7) is 3.71. The van der Waals surface area contributed by atoms with Crippen LogP contribution < -0.4 is 10.1 Å². The van der Waals surface area contributed by atoms with Crippen LogP contribution in [0.25, 0.3) is 0 Å². The molecule has 144 valence electrons. The molecule has 1 saturated carbocycles. The maximum atomic E-state index is 13.0. The molecule has 0 spiro atoms. The zero-order valence-electron chi connectivity index (χ0n) is 15.2. The first-order valence-electron chi connectivity index (χ1n) is 9.65. The van der Waals surface area contributed by atoms with Crippen LogP contribution in [0.4, 0.5) is 0 Å². The smallest absolute Gasteiger partial charge is 0.224 e. The van der Waals surface area contributed by atoms with Gasteiger partial charge in [0, 0.05) is 38.0 Å². The number of carbonyl (C=O) groups is 1. The first kappa shape index (κ1) is 19.5. The summed E-state index contributed by atoms with van der Waals surface area (Å²) in [6, 6.07) is 6.94. The van der Waals surface area contributed by atoms with Crippen LogP contribution in [0.1, 0.15) is 43.2 Å². The Morgan fingerprint density at radius 3 is 2.85 bits per heavy atom. The van der Waals surface area contributed by atoms with Crippen molar-refractivity contribution in [1.29, 1.82) is 0 Å². The first-order valence-corrected chi connectivity index (χ1v) is 9.65. The molecule has 1 aromatic rings. The number of morpholine rings is 1. The Labute approximate surface area is 161 Å². The topological polar surface area (TPSA) is 50.8 Å². The lowest BCUT2D eigenvalue weighted by molar-refractivity contribution is -0.135. The second kappa shape index (κ2) is 9.07. The molecule has 1 amide bonds. The molecule has 0 bridgehead atoms. The number of fused-ring (bicyclic) bond motifs is 1. The van der Waals surface area contributed by atoms with E-state index in [-0.39, 0.29) is 24.4 Å². The second-order valence-corrected chi connectivity index (χ2v) is 7.43. The molecule has 1 N–H and O–H groups in total. The normalized spacial score (nSPS) is 22.4. The van der Waals surface area contributed by atoms with Crippen molar-refractivity contribution in [3.8, 4) is 5.75 Å². The highest BCUT2D eigenvalue weighted by Gasteiger charge is 2.29. The Bertz CT molecular complexity index is 613. The molecule has 1 aromatic carbocycles. The Kier molecular flexibility index (Phi) is 6.79. The van der Waals surface area contributed by atoms with Gasteiger partial charge in [0.15, 0.2) is 0 Å². The zero-order valence-corrected chi connectivity index (χ0v) is 16.1. The van der Waals surface area contributed by atoms with E-state index in [0.29, 0.717) is 25.6 Å². The second-order valence-electron chi connectivity index (χ2n) is 7.43. The average Bonchev–Trinajstić information content (AvgIpc) is 3.31. The van der Waals surface area contributed by atoms with E-state index in [0.717, 1.165) is 44.8 Å². The molecule has 0 radical (unpaired) electrons. The summed E-state index contributed by atoms with van der Waals surface area (Å²) in [5, 5.41) is 3.40. The Hall–Kier alpha value is -1.30. The van der Waals surface area contributed by atoms with Crippen molar-refractivity contribution in [3.05, 3.63) is 29.3 Å². The van der Waals surface area contributed by atoms with Gasteiger partial charge in [-0.15, -0.1) is 12.4 Å². The average molecular weight is 381 g/mol. The molecule has 2 heterocycles. The Morgan fingerprint density at radius 2 is 2.08 bits per heavy atom. The van der Waals surface area contributed by atoms with Gasteiger partial charge in [-0.1, -0.05) is 25.0 Å². The molecule has 6 heteroatoms. The van der Waals surface area contributed by atoms with E-state index < -0.39 is 0 Å². The lowest BCUT2D eigenvalue weighted by Crippen LogP contribution is -2.46. The van der Waals surface area contributed by atoms with Crippen molar-refractivity contribution < 1.29 is 14.3 Å². The van der Waals surface area contributed by atoms with Gasteiger partial charge in [0.25, 0.3) is 0 Å². The summed E-state index contributed by atoms with van der Waals surface area (Å²) in [7, 11) is 0. The van der Waals surface area contributed by atoms with Crippen LogP contribution >= 0.6 is 12.4 Å². The van der Waals surface area contributed by atoms with Gasteiger partial charge in [-0.25, -0.2) is 0 Å². The summed E-state index contributed by atoms with van der Waals surface area (Å²) in [5.41, 5.74) is 2.50. The third kappa shape index (κ3) is 4.51. The Morgan fingerprint density at radius 1 is 1.23 bits per heavy atom. The molecule has 2 fully saturated rings. The minimum atomic E-state index is 0. The molecule has 3 aliphatic rings. The van der Waals surface area contributed by atoms with E-state index in [1.807, 2.05) is 0 Å². The fourth-order valence-electron chi connectivity index (χ4n) is 4.25. The van der Waals surface area contributed by atoms with Crippen LogP contribution in [0.3, 0.4) is 0 Å². The molecule has 1 saturated heterocycles.